The highest BCUT2D eigenvalue weighted by molar-refractivity contribution is 5.88. The van der Waals surface area contributed by atoms with Crippen LogP contribution < -0.4 is 5.73 Å². The Kier molecular flexibility index (Phi) is 6.92. The fourth-order valence-electron chi connectivity index (χ4n) is 4.79. The summed E-state index contributed by atoms with van der Waals surface area (Å²) in [5, 5.41) is 26.0. The molecule has 3 heterocycles. The van der Waals surface area contributed by atoms with Gasteiger partial charge in [-0.1, -0.05) is 23.4 Å². The minimum atomic E-state index is -0.773. The lowest BCUT2D eigenvalue weighted by molar-refractivity contribution is -0.0305. The van der Waals surface area contributed by atoms with Crippen molar-refractivity contribution in [1.82, 2.24) is 29.6 Å². The van der Waals surface area contributed by atoms with Crippen molar-refractivity contribution in [2.24, 2.45) is 10.9 Å². The lowest BCUT2D eigenvalue weighted by Gasteiger charge is -2.38. The average Bonchev–Trinajstić information content (AvgIpc) is 3.58. The van der Waals surface area contributed by atoms with Crippen LogP contribution in [0.4, 0.5) is 0 Å². The fraction of sp³-hybridized carbons (Fsp3) is 0.400. The minimum Gasteiger partial charge on any atom is -0.409 e. The van der Waals surface area contributed by atoms with E-state index in [4.69, 9.17) is 20.2 Å². The standard InChI is InChI=1S/C25H30N8O3/c1-35-12-5-13-36-25(24(26)31-34)10-8-18(9-11-25)22-16-29-33-23(30-22)21(15-28-33)19-14-27-32(17-19)20-6-3-2-4-7-20/h2-4,6-7,14-18,34H,5,8-13H2,1H3,(H2,26,31). The average molecular weight is 491 g/mol. The highest BCUT2D eigenvalue weighted by Gasteiger charge is 2.41. The number of benzene rings is 1. The Hall–Kier alpha value is -3.83. The van der Waals surface area contributed by atoms with Crippen LogP contribution in [0.15, 0.2) is 60.3 Å². The number of nitrogens with two attached hydrogens (primary N) is 1. The molecular formula is C25H30N8O3. The molecule has 3 aromatic heterocycles. The van der Waals surface area contributed by atoms with E-state index in [0.717, 1.165) is 41.8 Å². The molecule has 0 bridgehead atoms. The van der Waals surface area contributed by atoms with Crippen molar-refractivity contribution in [2.45, 2.75) is 43.6 Å². The van der Waals surface area contributed by atoms with Gasteiger partial charge in [-0.2, -0.15) is 15.3 Å². The molecule has 188 valence electrons. The summed E-state index contributed by atoms with van der Waals surface area (Å²) < 4.78 is 14.6. The lowest BCUT2D eigenvalue weighted by Crippen LogP contribution is -2.49. The van der Waals surface area contributed by atoms with Gasteiger partial charge in [-0.25, -0.2) is 9.67 Å². The molecule has 0 unspecified atom stereocenters. The van der Waals surface area contributed by atoms with E-state index in [1.165, 1.54) is 0 Å². The molecule has 5 rings (SSSR count). The van der Waals surface area contributed by atoms with Gasteiger partial charge in [0.2, 0.25) is 0 Å². The maximum atomic E-state index is 9.37. The molecule has 0 spiro atoms. The van der Waals surface area contributed by atoms with Crippen molar-refractivity contribution in [3.8, 4) is 16.8 Å². The quantitative estimate of drug-likeness (QED) is 0.120. The molecule has 3 N–H and O–H groups in total. The van der Waals surface area contributed by atoms with E-state index in [1.807, 2.05) is 47.4 Å². The van der Waals surface area contributed by atoms with Crippen molar-refractivity contribution in [3.05, 3.63) is 60.8 Å². The Bertz CT molecular complexity index is 1330. The number of methoxy groups -OCH3 is 1. The molecule has 1 aromatic carbocycles. The Morgan fingerprint density at radius 2 is 1.89 bits per heavy atom. The number of amidine groups is 1. The molecule has 1 aliphatic rings. The molecule has 11 nitrogen and oxygen atoms in total. The Labute approximate surface area is 208 Å². The molecule has 1 saturated carbocycles. The largest absolute Gasteiger partial charge is 0.409 e. The summed E-state index contributed by atoms with van der Waals surface area (Å²) in [4.78, 5) is 4.95. The van der Waals surface area contributed by atoms with Gasteiger partial charge in [0.15, 0.2) is 11.5 Å². The molecule has 0 amide bonds. The second kappa shape index (κ2) is 10.4. The summed E-state index contributed by atoms with van der Waals surface area (Å²) in [6.45, 7) is 1.08. The van der Waals surface area contributed by atoms with E-state index in [1.54, 1.807) is 24.1 Å². The van der Waals surface area contributed by atoms with E-state index in [0.29, 0.717) is 31.7 Å². The maximum Gasteiger partial charge on any atom is 0.184 e. The van der Waals surface area contributed by atoms with Gasteiger partial charge in [0, 0.05) is 31.4 Å². The van der Waals surface area contributed by atoms with Crippen molar-refractivity contribution >= 4 is 11.5 Å². The van der Waals surface area contributed by atoms with Crippen molar-refractivity contribution < 1.29 is 14.7 Å². The van der Waals surface area contributed by atoms with Crippen molar-refractivity contribution in [3.63, 3.8) is 0 Å². The van der Waals surface area contributed by atoms with Gasteiger partial charge in [0.25, 0.3) is 0 Å². The Balaban J connectivity index is 1.35. The number of para-hydroxylation sites is 1. The van der Waals surface area contributed by atoms with Gasteiger partial charge in [0.05, 0.1) is 42.1 Å². The number of hydrogen-bond donors (Lipinski definition) is 2. The first-order chi connectivity index (χ1) is 17.6. The van der Waals surface area contributed by atoms with Crippen molar-refractivity contribution in [1.29, 1.82) is 0 Å². The van der Waals surface area contributed by atoms with Gasteiger partial charge in [0.1, 0.15) is 5.60 Å². The van der Waals surface area contributed by atoms with Gasteiger partial charge >= 0.3 is 0 Å². The van der Waals surface area contributed by atoms with E-state index in [-0.39, 0.29) is 11.8 Å². The predicted octanol–water partition coefficient (Wildman–Crippen LogP) is 3.17. The van der Waals surface area contributed by atoms with E-state index in [9.17, 15) is 5.21 Å². The van der Waals surface area contributed by atoms with Gasteiger partial charge in [-0.3, -0.25) is 0 Å². The summed E-state index contributed by atoms with van der Waals surface area (Å²) in [7, 11) is 1.66. The molecule has 1 fully saturated rings. The first-order valence-electron chi connectivity index (χ1n) is 12.1. The van der Waals surface area contributed by atoms with Gasteiger partial charge in [-0.15, -0.1) is 4.63 Å². The lowest BCUT2D eigenvalue weighted by atomic mass is 9.77. The molecule has 0 aliphatic heterocycles. The second-order valence-corrected chi connectivity index (χ2v) is 9.01. The van der Waals surface area contributed by atoms with E-state index in [2.05, 4.69) is 20.5 Å². The normalized spacial score (nSPS) is 20.7. The molecular weight excluding hydrogens is 460 g/mol. The topological polar surface area (TPSA) is 138 Å². The summed E-state index contributed by atoms with van der Waals surface area (Å²) >= 11 is 0. The molecule has 0 saturated heterocycles. The molecule has 4 aromatic rings. The zero-order valence-electron chi connectivity index (χ0n) is 20.2. The van der Waals surface area contributed by atoms with Crippen LogP contribution in [0, 0.1) is 0 Å². The summed E-state index contributed by atoms with van der Waals surface area (Å²) in [5.74, 6) is 0.299. The third-order valence-electron chi connectivity index (χ3n) is 6.83. The first kappa shape index (κ1) is 23.9. The number of nitrogens with zero attached hydrogens (tertiary/aromatic N) is 7. The molecule has 0 atom stereocenters. The smallest absolute Gasteiger partial charge is 0.184 e. The number of aromatic nitrogens is 6. The van der Waals surface area contributed by atoms with Crippen LogP contribution in [0.5, 0.6) is 0 Å². The highest BCUT2D eigenvalue weighted by Crippen LogP contribution is 2.40. The third kappa shape index (κ3) is 4.67. The predicted molar refractivity (Wildman–Crippen MR) is 133 cm³/mol. The second-order valence-electron chi connectivity index (χ2n) is 9.01. The number of oxime groups is 1. The van der Waals surface area contributed by atoms with Crippen LogP contribution in [0.2, 0.25) is 0 Å². The van der Waals surface area contributed by atoms with E-state index >= 15 is 0 Å². The third-order valence-corrected chi connectivity index (χ3v) is 6.83. The zero-order valence-corrected chi connectivity index (χ0v) is 20.2. The fourth-order valence-corrected chi connectivity index (χ4v) is 4.79. The van der Waals surface area contributed by atoms with Crippen LogP contribution in [0.25, 0.3) is 22.5 Å². The first-order valence-corrected chi connectivity index (χ1v) is 12.1. The Morgan fingerprint density at radius 1 is 1.11 bits per heavy atom. The minimum absolute atomic E-state index is 0.119. The summed E-state index contributed by atoms with van der Waals surface area (Å²) in [6, 6.07) is 9.94. The van der Waals surface area contributed by atoms with Crippen LogP contribution in [0.1, 0.15) is 43.7 Å². The number of ether oxygens (including phenoxy) is 2. The SMILES string of the molecule is COCCCOC1(/C(N)=N/O)CCC(c2cnn3ncc(-c4cnn(-c5ccccc5)c4)c3n2)CC1. The number of fused-ring (bicyclic) bond motifs is 1. The van der Waals surface area contributed by atoms with Crippen LogP contribution in [0.3, 0.4) is 0 Å². The Morgan fingerprint density at radius 3 is 2.64 bits per heavy atom. The zero-order chi connectivity index (χ0) is 25.0. The van der Waals surface area contributed by atoms with Crippen LogP contribution in [-0.4, -0.2) is 66.6 Å². The molecule has 11 heteroatoms. The number of hydrogen-bond acceptors (Lipinski definition) is 8. The summed E-state index contributed by atoms with van der Waals surface area (Å²) in [5.41, 5.74) is 9.64. The molecule has 36 heavy (non-hydrogen) atoms. The number of rotatable bonds is 9. The highest BCUT2D eigenvalue weighted by atomic mass is 16.5. The maximum absolute atomic E-state index is 9.37. The molecule has 1 aliphatic carbocycles. The molecule has 0 radical (unpaired) electrons. The van der Waals surface area contributed by atoms with Crippen LogP contribution >= 0.6 is 0 Å². The summed E-state index contributed by atoms with van der Waals surface area (Å²) in [6.07, 6.45) is 10.9. The van der Waals surface area contributed by atoms with Crippen LogP contribution in [-0.2, 0) is 9.47 Å². The van der Waals surface area contributed by atoms with E-state index < -0.39 is 5.60 Å². The van der Waals surface area contributed by atoms with Crippen molar-refractivity contribution in [2.75, 3.05) is 20.3 Å². The van der Waals surface area contributed by atoms with Gasteiger partial charge < -0.3 is 20.4 Å². The van der Waals surface area contributed by atoms with Gasteiger partial charge in [-0.05, 0) is 44.2 Å². The monoisotopic (exact) mass is 490 g/mol.